The van der Waals surface area contributed by atoms with Gasteiger partial charge in [-0.15, -0.1) is 0 Å². The zero-order valence-electron chi connectivity index (χ0n) is 13.2. The van der Waals surface area contributed by atoms with Crippen molar-refractivity contribution in [3.8, 4) is 0 Å². The molecule has 1 aliphatic heterocycles. The molecule has 0 spiro atoms. The second-order valence-electron chi connectivity index (χ2n) is 6.26. The highest BCUT2D eigenvalue weighted by atomic mass is 16.2. The Labute approximate surface area is 129 Å². The third kappa shape index (κ3) is 2.17. The lowest BCUT2D eigenvalue weighted by Crippen LogP contribution is -2.40. The number of hydrogen-bond donors (Lipinski definition) is 1. The maximum atomic E-state index is 12.6. The van der Waals surface area contributed by atoms with E-state index in [1.165, 1.54) is 0 Å². The van der Waals surface area contributed by atoms with E-state index in [1.807, 2.05) is 18.2 Å². The van der Waals surface area contributed by atoms with Crippen molar-refractivity contribution in [2.24, 2.45) is 7.05 Å². The first kappa shape index (κ1) is 14.6. The van der Waals surface area contributed by atoms with E-state index in [0.717, 1.165) is 22.3 Å². The number of aromatic nitrogens is 2. The first-order chi connectivity index (χ1) is 10.4. The topological polar surface area (TPSA) is 56.0 Å². The van der Waals surface area contributed by atoms with Gasteiger partial charge in [0, 0.05) is 12.7 Å². The van der Waals surface area contributed by atoms with Crippen LogP contribution in [0.1, 0.15) is 44.2 Å². The average Bonchev–Trinajstić information content (AvgIpc) is 2.71. The Morgan fingerprint density at radius 3 is 2.64 bits per heavy atom. The summed E-state index contributed by atoms with van der Waals surface area (Å²) in [7, 11) is 1.75. The quantitative estimate of drug-likeness (QED) is 0.926. The van der Waals surface area contributed by atoms with Crippen LogP contribution in [0.25, 0.3) is 11.0 Å². The number of nitrogens with one attached hydrogen (secondary N) is 1. The molecule has 1 N–H and O–H groups in total. The van der Waals surface area contributed by atoms with Crippen LogP contribution in [-0.4, -0.2) is 15.0 Å². The van der Waals surface area contributed by atoms with E-state index in [2.05, 4.69) is 25.7 Å². The van der Waals surface area contributed by atoms with E-state index in [9.17, 15) is 9.59 Å². The molecule has 1 amide bonds. The number of carbonyl (C=O) groups is 1. The van der Waals surface area contributed by atoms with Crippen molar-refractivity contribution in [1.29, 1.82) is 0 Å². The molecule has 1 aromatic heterocycles. The molecule has 3 rings (SSSR count). The van der Waals surface area contributed by atoms with Crippen LogP contribution in [0.15, 0.2) is 35.3 Å². The summed E-state index contributed by atoms with van der Waals surface area (Å²) in [5.74, 6) is 0.217. The summed E-state index contributed by atoms with van der Waals surface area (Å²) in [4.78, 5) is 24.9. The molecular weight excluding hydrogens is 278 g/mol. The molecule has 5 heteroatoms. The SMILES string of the molecule is C=C1CCC(n2c(=O)n(C)c3ccc(C(C)C)cc32)C(=O)N1. The van der Waals surface area contributed by atoms with Gasteiger partial charge in [-0.05, 0) is 36.5 Å². The molecule has 116 valence electrons. The van der Waals surface area contributed by atoms with Crippen molar-refractivity contribution < 1.29 is 4.79 Å². The highest BCUT2D eigenvalue weighted by Gasteiger charge is 2.29. The number of allylic oxidation sites excluding steroid dienone is 1. The fraction of sp³-hybridized carbons (Fsp3) is 0.412. The molecule has 0 aliphatic carbocycles. The van der Waals surface area contributed by atoms with Crippen molar-refractivity contribution in [3.05, 3.63) is 46.5 Å². The van der Waals surface area contributed by atoms with Crippen LogP contribution in [0, 0.1) is 0 Å². The second-order valence-corrected chi connectivity index (χ2v) is 6.26. The number of hydrogen-bond acceptors (Lipinski definition) is 2. The zero-order chi connectivity index (χ0) is 16.0. The Hall–Kier alpha value is -2.30. The van der Waals surface area contributed by atoms with Crippen LogP contribution in [0.3, 0.4) is 0 Å². The molecular formula is C17H21N3O2. The average molecular weight is 299 g/mol. The number of nitrogens with zero attached hydrogens (tertiary/aromatic N) is 2. The number of carbonyl (C=O) groups excluding carboxylic acids is 1. The lowest BCUT2D eigenvalue weighted by molar-refractivity contribution is -0.124. The molecule has 1 atom stereocenters. The normalized spacial score (nSPS) is 19.0. The summed E-state index contributed by atoms with van der Waals surface area (Å²) in [6.07, 6.45) is 1.30. The maximum Gasteiger partial charge on any atom is 0.329 e. The van der Waals surface area contributed by atoms with Crippen molar-refractivity contribution in [2.45, 2.75) is 38.6 Å². The van der Waals surface area contributed by atoms with Gasteiger partial charge in [0.25, 0.3) is 0 Å². The Bertz CT molecular complexity index is 826. The summed E-state index contributed by atoms with van der Waals surface area (Å²) in [6, 6.07) is 5.56. The molecule has 2 aromatic rings. The van der Waals surface area contributed by atoms with Crippen molar-refractivity contribution in [1.82, 2.24) is 14.5 Å². The summed E-state index contributed by atoms with van der Waals surface area (Å²) in [6.45, 7) is 8.03. The van der Waals surface area contributed by atoms with Gasteiger partial charge < -0.3 is 5.32 Å². The van der Waals surface area contributed by atoms with E-state index >= 15 is 0 Å². The maximum absolute atomic E-state index is 12.6. The first-order valence-electron chi connectivity index (χ1n) is 7.59. The highest BCUT2D eigenvalue weighted by Crippen LogP contribution is 2.27. The molecule has 0 bridgehead atoms. The van der Waals surface area contributed by atoms with E-state index in [0.29, 0.717) is 18.8 Å². The zero-order valence-corrected chi connectivity index (χ0v) is 13.2. The number of rotatable bonds is 2. The van der Waals surface area contributed by atoms with Gasteiger partial charge in [0.15, 0.2) is 0 Å². The van der Waals surface area contributed by atoms with Gasteiger partial charge in [-0.25, -0.2) is 4.79 Å². The smallest absolute Gasteiger partial charge is 0.329 e. The summed E-state index contributed by atoms with van der Waals surface area (Å²) < 4.78 is 3.24. The molecule has 2 heterocycles. The Balaban J connectivity index is 2.22. The van der Waals surface area contributed by atoms with Crippen LogP contribution < -0.4 is 11.0 Å². The molecule has 0 radical (unpaired) electrons. The molecule has 0 saturated carbocycles. The monoisotopic (exact) mass is 299 g/mol. The fourth-order valence-electron chi connectivity index (χ4n) is 3.05. The molecule has 1 fully saturated rings. The third-order valence-electron chi connectivity index (χ3n) is 4.41. The van der Waals surface area contributed by atoms with Crippen molar-refractivity contribution in [3.63, 3.8) is 0 Å². The minimum Gasteiger partial charge on any atom is -0.329 e. The van der Waals surface area contributed by atoms with Gasteiger partial charge in [-0.1, -0.05) is 26.5 Å². The minimum absolute atomic E-state index is 0.149. The van der Waals surface area contributed by atoms with Gasteiger partial charge in [-0.3, -0.25) is 13.9 Å². The minimum atomic E-state index is -0.468. The van der Waals surface area contributed by atoms with Crippen LogP contribution in [0.4, 0.5) is 0 Å². The number of piperidine rings is 1. The van der Waals surface area contributed by atoms with Crippen LogP contribution in [0.2, 0.25) is 0 Å². The van der Waals surface area contributed by atoms with Gasteiger partial charge in [0.05, 0.1) is 11.0 Å². The van der Waals surface area contributed by atoms with Crippen molar-refractivity contribution in [2.75, 3.05) is 0 Å². The molecule has 1 aromatic carbocycles. The van der Waals surface area contributed by atoms with Gasteiger partial charge >= 0.3 is 5.69 Å². The predicted molar refractivity (Wildman–Crippen MR) is 86.8 cm³/mol. The summed E-state index contributed by atoms with van der Waals surface area (Å²) in [5.41, 5.74) is 3.41. The number of fused-ring (bicyclic) bond motifs is 1. The van der Waals surface area contributed by atoms with E-state index in [-0.39, 0.29) is 11.6 Å². The number of benzene rings is 1. The van der Waals surface area contributed by atoms with Crippen LogP contribution in [-0.2, 0) is 11.8 Å². The lowest BCUT2D eigenvalue weighted by atomic mass is 10.0. The summed E-state index contributed by atoms with van der Waals surface area (Å²) in [5, 5.41) is 2.76. The standard InChI is InChI=1S/C17H21N3O2/c1-10(2)12-6-8-13-15(9-12)20(17(22)19(13)4)14-7-5-11(3)18-16(14)21/h6,8-10,14H,3,5,7H2,1-2,4H3,(H,18,21). The first-order valence-corrected chi connectivity index (χ1v) is 7.59. The Morgan fingerprint density at radius 2 is 2.00 bits per heavy atom. The number of amides is 1. The van der Waals surface area contributed by atoms with Gasteiger partial charge in [0.1, 0.15) is 6.04 Å². The van der Waals surface area contributed by atoms with E-state index in [1.54, 1.807) is 16.2 Å². The van der Waals surface area contributed by atoms with E-state index < -0.39 is 6.04 Å². The van der Waals surface area contributed by atoms with Crippen LogP contribution in [0.5, 0.6) is 0 Å². The Kier molecular flexibility index (Phi) is 3.43. The highest BCUT2D eigenvalue weighted by molar-refractivity contribution is 5.86. The molecule has 1 aliphatic rings. The van der Waals surface area contributed by atoms with E-state index in [4.69, 9.17) is 0 Å². The number of imidazole rings is 1. The molecule has 22 heavy (non-hydrogen) atoms. The molecule has 5 nitrogen and oxygen atoms in total. The second kappa shape index (κ2) is 5.16. The molecule has 1 saturated heterocycles. The van der Waals surface area contributed by atoms with Crippen molar-refractivity contribution >= 4 is 16.9 Å². The largest absolute Gasteiger partial charge is 0.329 e. The van der Waals surface area contributed by atoms with Gasteiger partial charge in [-0.2, -0.15) is 0 Å². The van der Waals surface area contributed by atoms with Crippen LogP contribution >= 0.6 is 0 Å². The Morgan fingerprint density at radius 1 is 1.27 bits per heavy atom. The predicted octanol–water partition coefficient (Wildman–Crippen LogP) is 2.43. The fourth-order valence-corrected chi connectivity index (χ4v) is 3.05. The third-order valence-corrected chi connectivity index (χ3v) is 4.41. The molecule has 1 unspecified atom stereocenters. The van der Waals surface area contributed by atoms with Gasteiger partial charge in [0.2, 0.25) is 5.91 Å². The summed E-state index contributed by atoms with van der Waals surface area (Å²) >= 11 is 0. The number of aryl methyl sites for hydroxylation is 1. The lowest BCUT2D eigenvalue weighted by Gasteiger charge is -2.24.